The maximum absolute atomic E-state index is 12.5. The molecule has 1 atom stereocenters. The van der Waals surface area contributed by atoms with Gasteiger partial charge in [0.1, 0.15) is 0 Å². The molecule has 2 heterocycles. The van der Waals surface area contributed by atoms with Crippen molar-refractivity contribution in [3.63, 3.8) is 0 Å². The quantitative estimate of drug-likeness (QED) is 0.594. The molecule has 3 aromatic rings. The highest BCUT2D eigenvalue weighted by atomic mass is 35.5. The molecule has 0 N–H and O–H groups in total. The van der Waals surface area contributed by atoms with Gasteiger partial charge in [-0.1, -0.05) is 67.9 Å². The summed E-state index contributed by atoms with van der Waals surface area (Å²) in [4.78, 5) is 18.8. The zero-order valence-electron chi connectivity index (χ0n) is 16.9. The summed E-state index contributed by atoms with van der Waals surface area (Å²) in [6.45, 7) is 7.59. The monoisotopic (exact) mass is 409 g/mol. The highest BCUT2D eigenvalue weighted by molar-refractivity contribution is 6.31. The van der Waals surface area contributed by atoms with Gasteiger partial charge in [0, 0.05) is 36.0 Å². The largest absolute Gasteiger partial charge is 0.338 e. The van der Waals surface area contributed by atoms with E-state index in [2.05, 4.69) is 43.0 Å². The molecule has 1 aliphatic rings. The summed E-state index contributed by atoms with van der Waals surface area (Å²) in [5, 5.41) is 4.82. The van der Waals surface area contributed by atoms with Crippen molar-refractivity contribution in [3.8, 4) is 11.5 Å². The van der Waals surface area contributed by atoms with Gasteiger partial charge in [0.15, 0.2) is 5.82 Å². The lowest BCUT2D eigenvalue weighted by Gasteiger charge is -2.18. The Bertz CT molecular complexity index is 1020. The molecule has 0 bridgehead atoms. The van der Waals surface area contributed by atoms with Crippen molar-refractivity contribution in [1.82, 2.24) is 15.0 Å². The third kappa shape index (κ3) is 4.20. The molecule has 0 saturated carbocycles. The second kappa shape index (κ2) is 7.64. The molecule has 1 unspecified atom stereocenters. The van der Waals surface area contributed by atoms with E-state index in [9.17, 15) is 4.79 Å². The second-order valence-electron chi connectivity index (χ2n) is 8.55. The summed E-state index contributed by atoms with van der Waals surface area (Å²) in [5.41, 5.74) is 3.16. The summed E-state index contributed by atoms with van der Waals surface area (Å²) in [6, 6.07) is 15.8. The second-order valence-corrected chi connectivity index (χ2v) is 8.96. The Hall–Kier alpha value is -2.66. The van der Waals surface area contributed by atoms with Crippen molar-refractivity contribution in [1.29, 1.82) is 0 Å². The van der Waals surface area contributed by atoms with Crippen LogP contribution in [0.3, 0.4) is 0 Å². The van der Waals surface area contributed by atoms with Gasteiger partial charge in [0.05, 0.1) is 0 Å². The van der Waals surface area contributed by atoms with Crippen molar-refractivity contribution in [2.24, 2.45) is 0 Å². The highest BCUT2D eigenvalue weighted by Crippen LogP contribution is 2.31. The van der Waals surface area contributed by atoms with E-state index in [1.54, 1.807) is 4.90 Å². The Morgan fingerprint density at radius 2 is 1.86 bits per heavy atom. The SMILES string of the molecule is CC(C)(C)c1ccc(-c2nc(C3CC(=O)N(Cc4ccccc4Cl)C3)no2)cc1. The fourth-order valence-corrected chi connectivity index (χ4v) is 3.76. The van der Waals surface area contributed by atoms with Gasteiger partial charge in [-0.05, 0) is 34.7 Å². The normalized spacial score (nSPS) is 17.2. The average Bonchev–Trinajstić information content (AvgIpc) is 3.30. The summed E-state index contributed by atoms with van der Waals surface area (Å²) in [5.74, 6) is 1.07. The molecule has 6 heteroatoms. The van der Waals surface area contributed by atoms with Crippen molar-refractivity contribution >= 4 is 17.5 Å². The van der Waals surface area contributed by atoms with Crippen LogP contribution in [0, 0.1) is 0 Å². The van der Waals surface area contributed by atoms with Crippen LogP contribution < -0.4 is 0 Å². The lowest BCUT2D eigenvalue weighted by molar-refractivity contribution is -0.128. The number of hydrogen-bond donors (Lipinski definition) is 0. The molecule has 4 rings (SSSR count). The number of nitrogens with zero attached hydrogens (tertiary/aromatic N) is 3. The van der Waals surface area contributed by atoms with Gasteiger partial charge in [-0.2, -0.15) is 4.98 Å². The Labute approximate surface area is 175 Å². The first-order valence-electron chi connectivity index (χ1n) is 9.77. The Balaban J connectivity index is 1.47. The van der Waals surface area contributed by atoms with E-state index in [0.717, 1.165) is 11.1 Å². The Kier molecular flexibility index (Phi) is 5.17. The fraction of sp³-hybridized carbons (Fsp3) is 0.348. The van der Waals surface area contributed by atoms with Gasteiger partial charge >= 0.3 is 0 Å². The van der Waals surface area contributed by atoms with Gasteiger partial charge in [-0.3, -0.25) is 4.79 Å². The number of carbonyl (C=O) groups is 1. The first-order chi connectivity index (χ1) is 13.8. The van der Waals surface area contributed by atoms with E-state index in [-0.39, 0.29) is 17.2 Å². The van der Waals surface area contributed by atoms with Crippen LogP contribution in [0.2, 0.25) is 5.02 Å². The van der Waals surface area contributed by atoms with Crippen LogP contribution in [-0.2, 0) is 16.8 Å². The Morgan fingerprint density at radius 3 is 2.55 bits per heavy atom. The molecule has 0 aliphatic carbocycles. The topological polar surface area (TPSA) is 59.2 Å². The van der Waals surface area contributed by atoms with Gasteiger partial charge in [-0.25, -0.2) is 0 Å². The first-order valence-corrected chi connectivity index (χ1v) is 10.1. The van der Waals surface area contributed by atoms with Crippen molar-refractivity contribution in [3.05, 3.63) is 70.5 Å². The zero-order chi connectivity index (χ0) is 20.6. The number of halogens is 1. The van der Waals surface area contributed by atoms with Crippen LogP contribution in [0.15, 0.2) is 53.1 Å². The minimum atomic E-state index is -0.0728. The smallest absolute Gasteiger partial charge is 0.257 e. The zero-order valence-corrected chi connectivity index (χ0v) is 17.6. The van der Waals surface area contributed by atoms with Gasteiger partial charge in [-0.15, -0.1) is 0 Å². The summed E-state index contributed by atoms with van der Waals surface area (Å²) in [6.07, 6.45) is 0.381. The maximum atomic E-state index is 12.5. The molecule has 29 heavy (non-hydrogen) atoms. The predicted octanol–water partition coefficient (Wildman–Crippen LogP) is 5.20. The number of aromatic nitrogens is 2. The van der Waals surface area contributed by atoms with Crippen LogP contribution in [-0.4, -0.2) is 27.5 Å². The molecule has 0 radical (unpaired) electrons. The summed E-state index contributed by atoms with van der Waals surface area (Å²) < 4.78 is 5.48. The Morgan fingerprint density at radius 1 is 1.14 bits per heavy atom. The number of likely N-dealkylation sites (tertiary alicyclic amines) is 1. The van der Waals surface area contributed by atoms with Gasteiger partial charge < -0.3 is 9.42 Å². The number of benzene rings is 2. The lowest BCUT2D eigenvalue weighted by Crippen LogP contribution is -2.24. The number of carbonyl (C=O) groups excluding carboxylic acids is 1. The molecule has 2 aromatic carbocycles. The van der Waals surface area contributed by atoms with Crippen molar-refractivity contribution < 1.29 is 9.32 Å². The summed E-state index contributed by atoms with van der Waals surface area (Å²) in [7, 11) is 0. The highest BCUT2D eigenvalue weighted by Gasteiger charge is 2.34. The maximum Gasteiger partial charge on any atom is 0.257 e. The van der Waals surface area contributed by atoms with Crippen LogP contribution in [0.1, 0.15) is 50.1 Å². The van der Waals surface area contributed by atoms with Gasteiger partial charge in [0.2, 0.25) is 5.91 Å². The number of rotatable bonds is 4. The number of amides is 1. The van der Waals surface area contributed by atoms with E-state index < -0.39 is 0 Å². The molecule has 1 aromatic heterocycles. The van der Waals surface area contributed by atoms with Crippen molar-refractivity contribution in [2.75, 3.05) is 6.54 Å². The fourth-order valence-electron chi connectivity index (χ4n) is 3.56. The average molecular weight is 410 g/mol. The minimum absolute atomic E-state index is 0.0728. The molecule has 1 amide bonds. The van der Waals surface area contributed by atoms with Crippen LogP contribution in [0.5, 0.6) is 0 Å². The lowest BCUT2D eigenvalue weighted by atomic mass is 9.87. The van der Waals surface area contributed by atoms with Crippen LogP contribution in [0.4, 0.5) is 0 Å². The van der Waals surface area contributed by atoms with Crippen LogP contribution in [0.25, 0.3) is 11.5 Å². The molecule has 1 saturated heterocycles. The number of hydrogen-bond acceptors (Lipinski definition) is 4. The minimum Gasteiger partial charge on any atom is -0.338 e. The van der Waals surface area contributed by atoms with Gasteiger partial charge in [0.25, 0.3) is 5.89 Å². The molecule has 1 fully saturated rings. The van der Waals surface area contributed by atoms with E-state index >= 15 is 0 Å². The van der Waals surface area contributed by atoms with E-state index in [4.69, 9.17) is 16.1 Å². The standard InChI is InChI=1S/C23H24ClN3O2/c1-23(2,3)18-10-8-15(9-11-18)22-25-21(26-29-22)17-12-20(28)27(14-17)13-16-6-4-5-7-19(16)24/h4-11,17H,12-14H2,1-3H3. The molecule has 1 aliphatic heterocycles. The molecule has 0 spiro atoms. The van der Waals surface area contributed by atoms with Crippen LogP contribution >= 0.6 is 11.6 Å². The summed E-state index contributed by atoms with van der Waals surface area (Å²) >= 11 is 6.24. The third-order valence-corrected chi connectivity index (χ3v) is 5.71. The van der Waals surface area contributed by atoms with E-state index in [1.165, 1.54) is 5.56 Å². The molecular formula is C23H24ClN3O2. The van der Waals surface area contributed by atoms with E-state index in [1.807, 2.05) is 36.4 Å². The molecule has 5 nitrogen and oxygen atoms in total. The van der Waals surface area contributed by atoms with E-state index in [0.29, 0.717) is 36.2 Å². The predicted molar refractivity (Wildman–Crippen MR) is 113 cm³/mol. The third-order valence-electron chi connectivity index (χ3n) is 5.34. The van der Waals surface area contributed by atoms with Crippen molar-refractivity contribution in [2.45, 2.75) is 45.1 Å². The molecule has 150 valence electrons. The molecular weight excluding hydrogens is 386 g/mol. The first kappa shape index (κ1) is 19.6.